The molecule has 0 bridgehead atoms. The average Bonchev–Trinajstić information content (AvgIpc) is 2.72. The summed E-state index contributed by atoms with van der Waals surface area (Å²) in [6.45, 7) is 4.79. The fourth-order valence-corrected chi connectivity index (χ4v) is 3.01. The lowest BCUT2D eigenvalue weighted by Crippen LogP contribution is -2.60. The molecule has 8 heteroatoms. The smallest absolute Gasteiger partial charge is 0.240 e. The van der Waals surface area contributed by atoms with Gasteiger partial charge in [-0.05, 0) is 26.3 Å². The fourth-order valence-electron chi connectivity index (χ4n) is 3.01. The molecular weight excluding hydrogens is 303 g/mol. The van der Waals surface area contributed by atoms with E-state index in [-0.39, 0.29) is 43.2 Å². The van der Waals surface area contributed by atoms with E-state index in [4.69, 9.17) is 11.5 Å². The Hall–Kier alpha value is -0.560. The third-order valence-electron chi connectivity index (χ3n) is 3.96. The van der Waals surface area contributed by atoms with Gasteiger partial charge in [-0.25, -0.2) is 0 Å². The number of hydrogen-bond donors (Lipinski definition) is 2. The first-order chi connectivity index (χ1) is 8.49. The summed E-state index contributed by atoms with van der Waals surface area (Å²) in [7, 11) is 0. The summed E-state index contributed by atoms with van der Waals surface area (Å²) < 4.78 is 0. The van der Waals surface area contributed by atoms with Crippen molar-refractivity contribution in [2.24, 2.45) is 11.5 Å². The molecule has 2 rings (SSSR count). The zero-order valence-corrected chi connectivity index (χ0v) is 13.3. The molecule has 3 unspecified atom stereocenters. The normalized spacial score (nSPS) is 27.0. The lowest BCUT2D eigenvalue weighted by Gasteiger charge is -2.43. The lowest BCUT2D eigenvalue weighted by molar-refractivity contribution is -0.139. The Morgan fingerprint density at radius 3 is 2.55 bits per heavy atom. The number of primary amides is 1. The zero-order chi connectivity index (χ0) is 13.3. The number of hydrogen-bond acceptors (Lipinski definition) is 4. The first-order valence-electron chi connectivity index (χ1n) is 6.57. The molecule has 0 spiro atoms. The number of nitrogens with zero attached hydrogens (tertiary/aromatic N) is 2. The van der Waals surface area contributed by atoms with Gasteiger partial charge in [0.25, 0.3) is 0 Å². The topological polar surface area (TPSA) is 92.7 Å². The Morgan fingerprint density at radius 2 is 1.95 bits per heavy atom. The third kappa shape index (κ3) is 4.22. The maximum atomic E-state index is 12.2. The summed E-state index contributed by atoms with van der Waals surface area (Å²) >= 11 is 0. The van der Waals surface area contributed by atoms with Crippen molar-refractivity contribution < 1.29 is 9.59 Å². The van der Waals surface area contributed by atoms with Crippen LogP contribution in [-0.2, 0) is 9.59 Å². The number of amides is 2. The van der Waals surface area contributed by atoms with Crippen molar-refractivity contribution >= 4 is 36.6 Å². The van der Waals surface area contributed by atoms with E-state index in [1.54, 1.807) is 0 Å². The van der Waals surface area contributed by atoms with Gasteiger partial charge in [-0.1, -0.05) is 0 Å². The predicted octanol–water partition coefficient (Wildman–Crippen LogP) is -0.272. The van der Waals surface area contributed by atoms with Crippen molar-refractivity contribution in [1.82, 2.24) is 9.80 Å². The number of carbonyl (C=O) groups excluding carboxylic acids is 2. The largest absolute Gasteiger partial charge is 0.370 e. The molecule has 2 fully saturated rings. The van der Waals surface area contributed by atoms with Crippen molar-refractivity contribution in [1.29, 1.82) is 0 Å². The molecule has 3 atom stereocenters. The molecule has 0 aromatic carbocycles. The van der Waals surface area contributed by atoms with Crippen LogP contribution in [0.1, 0.15) is 26.2 Å². The maximum Gasteiger partial charge on any atom is 0.240 e. The second-order valence-electron chi connectivity index (χ2n) is 5.41. The molecule has 0 aromatic rings. The second-order valence-corrected chi connectivity index (χ2v) is 5.41. The van der Waals surface area contributed by atoms with Crippen molar-refractivity contribution in [3.8, 4) is 0 Å². The Bertz CT molecular complexity index is 356. The van der Waals surface area contributed by atoms with Gasteiger partial charge in [-0.3, -0.25) is 14.5 Å². The van der Waals surface area contributed by atoms with Gasteiger partial charge in [-0.15, -0.1) is 24.8 Å². The lowest BCUT2D eigenvalue weighted by atomic mass is 10.1. The van der Waals surface area contributed by atoms with E-state index in [0.29, 0.717) is 6.04 Å². The van der Waals surface area contributed by atoms with E-state index in [2.05, 4.69) is 4.90 Å². The van der Waals surface area contributed by atoms with Gasteiger partial charge >= 0.3 is 0 Å². The number of piperazine rings is 1. The summed E-state index contributed by atoms with van der Waals surface area (Å²) in [5.41, 5.74) is 10.8. The highest BCUT2D eigenvalue weighted by atomic mass is 35.5. The van der Waals surface area contributed by atoms with E-state index >= 15 is 0 Å². The number of carbonyl (C=O) groups is 2. The number of fused-ring (bicyclic) bond motifs is 1. The van der Waals surface area contributed by atoms with Gasteiger partial charge < -0.3 is 16.4 Å². The van der Waals surface area contributed by atoms with Gasteiger partial charge in [0, 0.05) is 25.2 Å². The molecular formula is C12H24Cl2N4O2. The van der Waals surface area contributed by atoms with Gasteiger partial charge in [0.05, 0.1) is 12.5 Å². The first kappa shape index (κ1) is 19.4. The minimum absolute atomic E-state index is 0. The molecule has 2 aliphatic heterocycles. The van der Waals surface area contributed by atoms with Gasteiger partial charge in [0.1, 0.15) is 0 Å². The molecule has 2 amide bonds. The van der Waals surface area contributed by atoms with E-state index in [0.717, 1.165) is 26.1 Å². The Balaban J connectivity index is 0.00000180. The average molecular weight is 327 g/mol. The van der Waals surface area contributed by atoms with Crippen molar-refractivity contribution in [3.63, 3.8) is 0 Å². The summed E-state index contributed by atoms with van der Waals surface area (Å²) in [4.78, 5) is 27.3. The minimum Gasteiger partial charge on any atom is -0.370 e. The summed E-state index contributed by atoms with van der Waals surface area (Å²) in [6.07, 6.45) is 2.27. The highest BCUT2D eigenvalue weighted by molar-refractivity contribution is 5.87. The van der Waals surface area contributed by atoms with Crippen LogP contribution in [0.2, 0.25) is 0 Å². The van der Waals surface area contributed by atoms with Crippen LogP contribution >= 0.6 is 24.8 Å². The van der Waals surface area contributed by atoms with Crippen LogP contribution in [0.15, 0.2) is 0 Å². The van der Waals surface area contributed by atoms with Crippen molar-refractivity contribution in [2.75, 3.05) is 19.6 Å². The highest BCUT2D eigenvalue weighted by Crippen LogP contribution is 2.24. The van der Waals surface area contributed by atoms with Crippen LogP contribution in [0.4, 0.5) is 0 Å². The molecule has 2 heterocycles. The van der Waals surface area contributed by atoms with Crippen LogP contribution in [0, 0.1) is 0 Å². The monoisotopic (exact) mass is 326 g/mol. The predicted molar refractivity (Wildman–Crippen MR) is 82.1 cm³/mol. The van der Waals surface area contributed by atoms with E-state index in [9.17, 15) is 9.59 Å². The van der Waals surface area contributed by atoms with Crippen LogP contribution in [0.25, 0.3) is 0 Å². The fraction of sp³-hybridized carbons (Fsp3) is 0.833. The minimum atomic E-state index is -0.794. The molecule has 2 saturated heterocycles. The molecule has 4 N–H and O–H groups in total. The second kappa shape index (κ2) is 8.02. The van der Waals surface area contributed by atoms with Gasteiger partial charge in [0.2, 0.25) is 11.8 Å². The highest BCUT2D eigenvalue weighted by Gasteiger charge is 2.37. The van der Waals surface area contributed by atoms with Crippen LogP contribution in [0.3, 0.4) is 0 Å². The number of nitrogens with two attached hydrogens (primary N) is 2. The third-order valence-corrected chi connectivity index (χ3v) is 3.96. The van der Waals surface area contributed by atoms with Gasteiger partial charge in [-0.2, -0.15) is 0 Å². The van der Waals surface area contributed by atoms with Crippen molar-refractivity contribution in [3.05, 3.63) is 0 Å². The van der Waals surface area contributed by atoms with Crippen LogP contribution in [0.5, 0.6) is 0 Å². The summed E-state index contributed by atoms with van der Waals surface area (Å²) in [5, 5.41) is 0. The molecule has 20 heavy (non-hydrogen) atoms. The first-order valence-corrected chi connectivity index (χ1v) is 6.57. The molecule has 2 aliphatic rings. The molecule has 6 nitrogen and oxygen atoms in total. The standard InChI is InChI=1S/C12H22N4O2.2ClH/c1-8-6-15-4-2-3-9(15)7-16(8)12(18)10(13)5-11(14)17;;/h8-10H,2-7,13H2,1H3,(H2,14,17);2*1H. The maximum absolute atomic E-state index is 12.2. The van der Waals surface area contributed by atoms with E-state index in [1.165, 1.54) is 6.42 Å². The van der Waals surface area contributed by atoms with E-state index < -0.39 is 11.9 Å². The molecule has 118 valence electrons. The summed E-state index contributed by atoms with van der Waals surface area (Å²) in [5.74, 6) is -0.671. The summed E-state index contributed by atoms with van der Waals surface area (Å²) in [6, 6.07) is -0.172. The van der Waals surface area contributed by atoms with Gasteiger partial charge in [0.15, 0.2) is 0 Å². The molecule has 0 aromatic heterocycles. The van der Waals surface area contributed by atoms with E-state index in [1.807, 2.05) is 11.8 Å². The quantitative estimate of drug-likeness (QED) is 0.746. The molecule has 0 aliphatic carbocycles. The van der Waals surface area contributed by atoms with Crippen LogP contribution < -0.4 is 11.5 Å². The zero-order valence-electron chi connectivity index (χ0n) is 11.7. The Labute approximate surface area is 132 Å². The SMILES string of the molecule is CC1CN2CCCC2CN1C(=O)C(N)CC(N)=O.Cl.Cl. The number of rotatable bonds is 3. The Morgan fingerprint density at radius 1 is 1.30 bits per heavy atom. The number of halogens is 2. The molecule has 0 radical (unpaired) electrons. The Kier molecular flexibility index (Phi) is 7.80. The van der Waals surface area contributed by atoms with Crippen LogP contribution in [-0.4, -0.2) is 59.4 Å². The van der Waals surface area contributed by atoms with Crippen molar-refractivity contribution in [2.45, 2.75) is 44.3 Å². The molecule has 0 saturated carbocycles.